The van der Waals surface area contributed by atoms with Gasteiger partial charge in [0.25, 0.3) is 0 Å². The average Bonchev–Trinajstić information content (AvgIpc) is 3.06. The number of carbonyl (C=O) groups excluding carboxylic acids is 4. The van der Waals surface area contributed by atoms with Crippen LogP contribution < -0.4 is 0 Å². The molecule has 2 heterocycles. The van der Waals surface area contributed by atoms with Crippen molar-refractivity contribution in [2.45, 2.75) is 57.6 Å². The van der Waals surface area contributed by atoms with Crippen molar-refractivity contribution in [1.29, 1.82) is 0 Å². The van der Waals surface area contributed by atoms with Crippen molar-refractivity contribution in [3.8, 4) is 0 Å². The summed E-state index contributed by atoms with van der Waals surface area (Å²) in [5.74, 6) is -3.79. The van der Waals surface area contributed by atoms with Gasteiger partial charge in [0.2, 0.25) is 0 Å². The van der Waals surface area contributed by atoms with E-state index in [-0.39, 0.29) is 31.4 Å². The quantitative estimate of drug-likeness (QED) is 0.374. The Kier molecular flexibility index (Phi) is 8.76. The SMILES string of the molecule is COC(=O)CCC(=O)OC[C@H]1O[C@@H](N2C=CCC(C(=O)O)=C2)[C@H](OC(C)=O)[C@@H]1OC(C)=O. The van der Waals surface area contributed by atoms with Crippen LogP contribution in [0.15, 0.2) is 24.0 Å². The van der Waals surface area contributed by atoms with Gasteiger partial charge in [-0.1, -0.05) is 6.08 Å². The number of esters is 4. The summed E-state index contributed by atoms with van der Waals surface area (Å²) >= 11 is 0. The first-order valence-electron chi connectivity index (χ1n) is 9.72. The minimum atomic E-state index is -1.13. The monoisotopic (exact) mass is 455 g/mol. The van der Waals surface area contributed by atoms with Gasteiger partial charge in [0, 0.05) is 32.7 Å². The van der Waals surface area contributed by atoms with Gasteiger partial charge in [0.05, 0.1) is 25.5 Å². The third-order valence-corrected chi connectivity index (χ3v) is 4.55. The maximum absolute atomic E-state index is 11.9. The predicted molar refractivity (Wildman–Crippen MR) is 103 cm³/mol. The van der Waals surface area contributed by atoms with Gasteiger partial charge in [-0.15, -0.1) is 0 Å². The van der Waals surface area contributed by atoms with Crippen LogP contribution in [0.2, 0.25) is 0 Å². The van der Waals surface area contributed by atoms with Gasteiger partial charge in [0.15, 0.2) is 18.4 Å². The highest BCUT2D eigenvalue weighted by Gasteiger charge is 2.51. The van der Waals surface area contributed by atoms with Gasteiger partial charge in [0.1, 0.15) is 12.7 Å². The summed E-state index contributed by atoms with van der Waals surface area (Å²) in [6.45, 7) is 1.95. The fourth-order valence-corrected chi connectivity index (χ4v) is 3.16. The maximum Gasteiger partial charge on any atom is 0.333 e. The van der Waals surface area contributed by atoms with Crippen LogP contribution in [0.25, 0.3) is 0 Å². The van der Waals surface area contributed by atoms with E-state index >= 15 is 0 Å². The minimum Gasteiger partial charge on any atom is -0.478 e. The van der Waals surface area contributed by atoms with Crippen LogP contribution in [-0.4, -0.2) is 78.1 Å². The Hall–Kier alpha value is -3.41. The highest BCUT2D eigenvalue weighted by atomic mass is 16.7. The van der Waals surface area contributed by atoms with Gasteiger partial charge in [-0.2, -0.15) is 0 Å². The first kappa shape index (κ1) is 24.9. The van der Waals surface area contributed by atoms with Crippen molar-refractivity contribution in [2.24, 2.45) is 0 Å². The molecule has 0 aromatic carbocycles. The Morgan fingerprint density at radius 3 is 2.28 bits per heavy atom. The third-order valence-electron chi connectivity index (χ3n) is 4.55. The molecule has 32 heavy (non-hydrogen) atoms. The molecule has 0 saturated carbocycles. The first-order chi connectivity index (χ1) is 15.1. The number of nitrogens with zero attached hydrogens (tertiary/aromatic N) is 1. The summed E-state index contributed by atoms with van der Waals surface area (Å²) in [5.41, 5.74) is 0.0689. The van der Waals surface area contributed by atoms with Crippen LogP contribution >= 0.6 is 0 Å². The van der Waals surface area contributed by atoms with Crippen LogP contribution in [0.3, 0.4) is 0 Å². The van der Waals surface area contributed by atoms with Crippen molar-refractivity contribution in [3.05, 3.63) is 24.0 Å². The molecule has 176 valence electrons. The zero-order valence-electron chi connectivity index (χ0n) is 17.8. The van der Waals surface area contributed by atoms with Gasteiger partial charge < -0.3 is 33.7 Å². The number of hydrogen-bond acceptors (Lipinski definition) is 11. The molecule has 1 N–H and O–H groups in total. The van der Waals surface area contributed by atoms with E-state index in [4.69, 9.17) is 18.9 Å². The summed E-state index contributed by atoms with van der Waals surface area (Å²) in [6.07, 6.45) is -0.106. The zero-order chi connectivity index (χ0) is 23.8. The normalized spacial score (nSPS) is 24.3. The fraction of sp³-hybridized carbons (Fsp3) is 0.550. The molecule has 1 fully saturated rings. The molecule has 0 radical (unpaired) electrons. The molecular formula is C20H25NO11. The number of carbonyl (C=O) groups is 5. The topological polar surface area (TPSA) is 155 Å². The molecule has 0 aliphatic carbocycles. The van der Waals surface area contributed by atoms with E-state index in [1.807, 2.05) is 0 Å². The summed E-state index contributed by atoms with van der Waals surface area (Å²) in [6, 6.07) is 0. The van der Waals surface area contributed by atoms with Gasteiger partial charge in [-0.25, -0.2) is 4.79 Å². The number of carboxylic acids is 1. The number of ether oxygens (including phenoxy) is 5. The molecule has 4 atom stereocenters. The third kappa shape index (κ3) is 6.80. The highest BCUT2D eigenvalue weighted by molar-refractivity contribution is 5.87. The Balaban J connectivity index is 2.20. The lowest BCUT2D eigenvalue weighted by Gasteiger charge is -2.30. The van der Waals surface area contributed by atoms with E-state index in [9.17, 15) is 29.1 Å². The molecule has 0 amide bonds. The highest BCUT2D eigenvalue weighted by Crippen LogP contribution is 2.32. The molecule has 2 aliphatic rings. The minimum absolute atomic E-state index is 0.0689. The second-order valence-electron chi connectivity index (χ2n) is 6.97. The van der Waals surface area contributed by atoms with Crippen molar-refractivity contribution in [3.63, 3.8) is 0 Å². The van der Waals surface area contributed by atoms with E-state index in [2.05, 4.69) is 4.74 Å². The van der Waals surface area contributed by atoms with Crippen molar-refractivity contribution < 1.29 is 52.8 Å². The lowest BCUT2D eigenvalue weighted by Crippen LogP contribution is -2.44. The Morgan fingerprint density at radius 2 is 1.69 bits per heavy atom. The van der Waals surface area contributed by atoms with Crippen LogP contribution in [0.1, 0.15) is 33.1 Å². The van der Waals surface area contributed by atoms with E-state index in [1.165, 1.54) is 18.2 Å². The summed E-state index contributed by atoms with van der Waals surface area (Å²) in [4.78, 5) is 59.2. The Morgan fingerprint density at radius 1 is 1.06 bits per heavy atom. The van der Waals surface area contributed by atoms with Gasteiger partial charge in [-0.05, 0) is 0 Å². The standard InChI is InChI=1S/C20H25NO11/c1-11(22)30-17-14(10-29-16(25)7-6-15(24)28-3)32-19(18(17)31-12(2)23)21-8-4-5-13(9-21)20(26)27/h4,8-9,14,17-19H,5-7,10H2,1-3H3,(H,26,27)/t14-,17-,18-,19-/m1/s1. The molecule has 12 nitrogen and oxygen atoms in total. The van der Waals surface area contributed by atoms with E-state index in [0.717, 1.165) is 13.8 Å². The van der Waals surface area contributed by atoms with Crippen LogP contribution in [0.4, 0.5) is 0 Å². The second-order valence-corrected chi connectivity index (χ2v) is 6.97. The van der Waals surface area contributed by atoms with Gasteiger partial charge >= 0.3 is 29.8 Å². The van der Waals surface area contributed by atoms with Crippen molar-refractivity contribution >= 4 is 29.8 Å². The molecule has 2 aliphatic heterocycles. The Bertz CT molecular complexity index is 818. The van der Waals surface area contributed by atoms with Crippen LogP contribution in [-0.2, 0) is 47.7 Å². The van der Waals surface area contributed by atoms with E-state index in [1.54, 1.807) is 12.3 Å². The van der Waals surface area contributed by atoms with E-state index < -0.39 is 54.4 Å². The van der Waals surface area contributed by atoms with Crippen LogP contribution in [0.5, 0.6) is 0 Å². The summed E-state index contributed by atoms with van der Waals surface area (Å²) < 4.78 is 26.1. The molecule has 2 rings (SSSR count). The molecule has 0 unspecified atom stereocenters. The largest absolute Gasteiger partial charge is 0.478 e. The fourth-order valence-electron chi connectivity index (χ4n) is 3.16. The molecule has 0 aromatic heterocycles. The number of carboxylic acid groups (broad SMARTS) is 1. The van der Waals surface area contributed by atoms with Crippen molar-refractivity contribution in [2.75, 3.05) is 13.7 Å². The van der Waals surface area contributed by atoms with Crippen molar-refractivity contribution in [1.82, 2.24) is 4.90 Å². The molecule has 12 heteroatoms. The number of allylic oxidation sites excluding steroid dienone is 1. The van der Waals surface area contributed by atoms with Crippen LogP contribution in [0, 0.1) is 0 Å². The zero-order valence-corrected chi connectivity index (χ0v) is 17.8. The second kappa shape index (κ2) is 11.3. The first-order valence-corrected chi connectivity index (χ1v) is 9.72. The predicted octanol–water partition coefficient (Wildman–Crippen LogP) is 0.259. The lowest BCUT2D eigenvalue weighted by molar-refractivity contribution is -0.167. The number of rotatable bonds is 9. The number of hydrogen-bond donors (Lipinski definition) is 1. The number of aliphatic carboxylic acids is 1. The average molecular weight is 455 g/mol. The smallest absolute Gasteiger partial charge is 0.333 e. The lowest BCUT2D eigenvalue weighted by atomic mass is 10.1. The summed E-state index contributed by atoms with van der Waals surface area (Å²) in [5, 5.41) is 9.27. The molecular weight excluding hydrogens is 430 g/mol. The number of methoxy groups -OCH3 is 1. The molecule has 0 spiro atoms. The van der Waals surface area contributed by atoms with E-state index in [0.29, 0.717) is 0 Å². The molecule has 0 bridgehead atoms. The summed E-state index contributed by atoms with van der Waals surface area (Å²) in [7, 11) is 1.19. The molecule has 0 aromatic rings. The molecule has 1 saturated heterocycles. The Labute approximate surface area is 183 Å². The van der Waals surface area contributed by atoms with Gasteiger partial charge in [-0.3, -0.25) is 19.2 Å². The maximum atomic E-state index is 11.9.